The molecule has 1 saturated heterocycles. The first-order valence-corrected chi connectivity index (χ1v) is 9.65. The van der Waals surface area contributed by atoms with E-state index in [4.69, 9.17) is 19.5 Å². The Balaban J connectivity index is 1.75. The zero-order valence-corrected chi connectivity index (χ0v) is 16.8. The summed E-state index contributed by atoms with van der Waals surface area (Å²) in [6, 6.07) is 14.5. The highest BCUT2D eigenvalue weighted by molar-refractivity contribution is 8.18. The van der Waals surface area contributed by atoms with Crippen LogP contribution in [-0.4, -0.2) is 31.4 Å². The number of benzene rings is 2. The van der Waals surface area contributed by atoms with E-state index in [1.807, 2.05) is 37.3 Å². The third-order valence-corrected chi connectivity index (χ3v) is 4.72. The number of ether oxygens (including phenoxy) is 3. The number of aliphatic imine (C=N–C) groups is 1. The number of amides is 1. The third-order valence-electron chi connectivity index (χ3n) is 3.81. The molecule has 3 rings (SSSR count). The Morgan fingerprint density at radius 1 is 1.17 bits per heavy atom. The van der Waals surface area contributed by atoms with E-state index in [0.29, 0.717) is 28.2 Å². The van der Waals surface area contributed by atoms with Gasteiger partial charge in [0.25, 0.3) is 5.91 Å². The molecule has 0 saturated carbocycles. The Kier molecular flexibility index (Phi) is 6.76. The van der Waals surface area contributed by atoms with Crippen molar-refractivity contribution in [3.63, 3.8) is 0 Å². The summed E-state index contributed by atoms with van der Waals surface area (Å²) in [5.74, 6) is 1.51. The fourth-order valence-corrected chi connectivity index (χ4v) is 3.38. The van der Waals surface area contributed by atoms with Crippen LogP contribution in [0.15, 0.2) is 52.4 Å². The van der Waals surface area contributed by atoms with E-state index in [-0.39, 0.29) is 12.5 Å². The molecule has 2 aromatic rings. The van der Waals surface area contributed by atoms with E-state index in [0.717, 1.165) is 17.0 Å². The minimum atomic E-state index is -0.219. The average Bonchev–Trinajstić information content (AvgIpc) is 3.07. The van der Waals surface area contributed by atoms with Crippen LogP contribution in [0.1, 0.15) is 12.5 Å². The summed E-state index contributed by atoms with van der Waals surface area (Å²) in [4.78, 5) is 17.3. The van der Waals surface area contributed by atoms with Gasteiger partial charge in [-0.15, -0.1) is 0 Å². The molecule has 0 unspecified atom stereocenters. The largest absolute Gasteiger partial charge is 0.494 e. The summed E-state index contributed by atoms with van der Waals surface area (Å²) < 4.78 is 16.0. The third kappa shape index (κ3) is 5.30. The highest BCUT2D eigenvalue weighted by Crippen LogP contribution is 2.32. The maximum atomic E-state index is 12.3. The minimum absolute atomic E-state index is 0.0690. The van der Waals surface area contributed by atoms with Gasteiger partial charge >= 0.3 is 0 Å². The zero-order chi connectivity index (χ0) is 20.6. The number of carbonyl (C=O) groups is 1. The van der Waals surface area contributed by atoms with Crippen molar-refractivity contribution in [2.75, 3.05) is 20.3 Å². The zero-order valence-electron chi connectivity index (χ0n) is 16.0. The molecule has 0 bridgehead atoms. The summed E-state index contributed by atoms with van der Waals surface area (Å²) in [5.41, 5.74) is 1.49. The molecule has 29 heavy (non-hydrogen) atoms. The second kappa shape index (κ2) is 9.66. The van der Waals surface area contributed by atoms with Crippen molar-refractivity contribution in [2.24, 2.45) is 4.99 Å². The van der Waals surface area contributed by atoms with Crippen LogP contribution in [0.3, 0.4) is 0 Å². The Hall–Kier alpha value is -3.44. The molecule has 1 aliphatic rings. The van der Waals surface area contributed by atoms with Crippen LogP contribution in [0.4, 0.5) is 5.69 Å². The lowest BCUT2D eigenvalue weighted by Gasteiger charge is -2.08. The van der Waals surface area contributed by atoms with E-state index < -0.39 is 0 Å². The number of carbonyl (C=O) groups excluding carboxylic acids is 1. The molecule has 1 N–H and O–H groups in total. The van der Waals surface area contributed by atoms with Crippen molar-refractivity contribution in [1.82, 2.24) is 5.32 Å². The second-order valence-corrected chi connectivity index (χ2v) is 6.80. The minimum Gasteiger partial charge on any atom is -0.494 e. The van der Waals surface area contributed by atoms with Crippen molar-refractivity contribution < 1.29 is 19.0 Å². The van der Waals surface area contributed by atoms with E-state index in [1.165, 1.54) is 18.9 Å². The summed E-state index contributed by atoms with van der Waals surface area (Å²) in [6.45, 7) is 2.46. The van der Waals surface area contributed by atoms with Crippen LogP contribution in [0.2, 0.25) is 0 Å². The number of methoxy groups -OCH3 is 1. The van der Waals surface area contributed by atoms with Gasteiger partial charge in [0.1, 0.15) is 11.8 Å². The van der Waals surface area contributed by atoms with Crippen molar-refractivity contribution in [2.45, 2.75) is 6.92 Å². The van der Waals surface area contributed by atoms with Gasteiger partial charge in [0.2, 0.25) is 0 Å². The average molecular weight is 409 g/mol. The molecule has 8 heteroatoms. The van der Waals surface area contributed by atoms with Gasteiger partial charge in [0, 0.05) is 0 Å². The van der Waals surface area contributed by atoms with Crippen molar-refractivity contribution >= 4 is 34.6 Å². The quantitative estimate of drug-likeness (QED) is 0.698. The molecule has 0 radical (unpaired) electrons. The van der Waals surface area contributed by atoms with Crippen LogP contribution in [-0.2, 0) is 4.79 Å². The molecule has 1 aliphatic heterocycles. The molecule has 1 fully saturated rings. The molecule has 7 nitrogen and oxygen atoms in total. The molecular formula is C21H19N3O4S. The maximum absolute atomic E-state index is 12.3. The fraction of sp³-hybridized carbons (Fsp3) is 0.190. The number of nitrogens with zero attached hydrogens (tertiary/aromatic N) is 2. The molecule has 1 heterocycles. The highest BCUT2D eigenvalue weighted by atomic mass is 32.2. The predicted molar refractivity (Wildman–Crippen MR) is 113 cm³/mol. The molecule has 0 aliphatic carbocycles. The van der Waals surface area contributed by atoms with Gasteiger partial charge in [-0.1, -0.05) is 6.07 Å². The van der Waals surface area contributed by atoms with Crippen molar-refractivity contribution in [3.8, 4) is 23.3 Å². The van der Waals surface area contributed by atoms with Crippen molar-refractivity contribution in [3.05, 3.63) is 52.9 Å². The second-order valence-electron chi connectivity index (χ2n) is 5.77. The monoisotopic (exact) mass is 409 g/mol. The molecule has 2 aromatic carbocycles. The molecular weight excluding hydrogens is 390 g/mol. The van der Waals surface area contributed by atoms with Crippen molar-refractivity contribution in [1.29, 1.82) is 5.26 Å². The fourth-order valence-electron chi connectivity index (χ4n) is 2.54. The SMILES string of the molecule is CCOc1ccc(N=C2NC(=O)/C(=C/c3ccc(OCC#N)c(OC)c3)S2)cc1. The number of amidine groups is 1. The number of nitrogens with one attached hydrogen (secondary N) is 1. The lowest BCUT2D eigenvalue weighted by atomic mass is 10.2. The summed E-state index contributed by atoms with van der Waals surface area (Å²) >= 11 is 1.26. The maximum Gasteiger partial charge on any atom is 0.264 e. The van der Waals surface area contributed by atoms with E-state index >= 15 is 0 Å². The van der Waals surface area contributed by atoms with Gasteiger partial charge in [0.15, 0.2) is 23.3 Å². The topological polar surface area (TPSA) is 92.9 Å². The summed E-state index contributed by atoms with van der Waals surface area (Å²) in [7, 11) is 1.52. The Bertz CT molecular complexity index is 994. The number of hydrogen-bond acceptors (Lipinski definition) is 7. The van der Waals surface area contributed by atoms with Gasteiger partial charge < -0.3 is 19.5 Å². The van der Waals surface area contributed by atoms with E-state index in [1.54, 1.807) is 24.3 Å². The van der Waals surface area contributed by atoms with Crippen LogP contribution in [0.25, 0.3) is 6.08 Å². The highest BCUT2D eigenvalue weighted by Gasteiger charge is 2.24. The molecule has 0 atom stereocenters. The Morgan fingerprint density at radius 2 is 1.97 bits per heavy atom. The molecule has 0 spiro atoms. The normalized spacial score (nSPS) is 15.8. The first-order chi connectivity index (χ1) is 14.1. The Labute approximate surface area is 173 Å². The van der Waals surface area contributed by atoms with Crippen LogP contribution < -0.4 is 19.5 Å². The molecule has 0 aromatic heterocycles. The van der Waals surface area contributed by atoms with Crippen LogP contribution >= 0.6 is 11.8 Å². The van der Waals surface area contributed by atoms with Crippen LogP contribution in [0.5, 0.6) is 17.2 Å². The van der Waals surface area contributed by atoms with Gasteiger partial charge in [-0.05, 0) is 66.7 Å². The lowest BCUT2D eigenvalue weighted by Crippen LogP contribution is -2.19. The molecule has 1 amide bonds. The Morgan fingerprint density at radius 3 is 2.66 bits per heavy atom. The van der Waals surface area contributed by atoms with Gasteiger partial charge in [-0.25, -0.2) is 4.99 Å². The molecule has 148 valence electrons. The van der Waals surface area contributed by atoms with Gasteiger partial charge in [-0.3, -0.25) is 4.79 Å². The first-order valence-electron chi connectivity index (χ1n) is 8.83. The number of nitriles is 1. The smallest absolute Gasteiger partial charge is 0.264 e. The summed E-state index contributed by atoms with van der Waals surface area (Å²) in [5, 5.41) is 11.9. The van der Waals surface area contributed by atoms with Gasteiger partial charge in [-0.2, -0.15) is 5.26 Å². The van der Waals surface area contributed by atoms with Crippen LogP contribution in [0, 0.1) is 11.3 Å². The van der Waals surface area contributed by atoms with E-state index in [2.05, 4.69) is 10.3 Å². The predicted octanol–water partition coefficient (Wildman–Crippen LogP) is 3.89. The summed E-state index contributed by atoms with van der Waals surface area (Å²) in [6.07, 6.45) is 1.75. The van der Waals surface area contributed by atoms with E-state index in [9.17, 15) is 4.79 Å². The first kappa shape index (κ1) is 20.3. The number of rotatable bonds is 7. The van der Waals surface area contributed by atoms with Gasteiger partial charge in [0.05, 0.1) is 24.3 Å². The lowest BCUT2D eigenvalue weighted by molar-refractivity contribution is -0.115. The number of hydrogen-bond donors (Lipinski definition) is 1. The number of thioether (sulfide) groups is 1. The standard InChI is InChI=1S/C21H19N3O4S/c1-3-27-16-7-5-15(6-8-16)23-21-24-20(25)19(29-21)13-14-4-9-17(28-11-10-22)18(12-14)26-2/h4-9,12-13H,3,11H2,1-2H3,(H,23,24,25)/b19-13-.